The largest absolute Gasteiger partial charge is 0.379 e. The van der Waals surface area contributed by atoms with E-state index in [1.165, 1.54) is 5.69 Å². The first-order chi connectivity index (χ1) is 9.38. The van der Waals surface area contributed by atoms with Crippen molar-refractivity contribution < 1.29 is 0 Å². The van der Waals surface area contributed by atoms with Crippen molar-refractivity contribution in [2.45, 2.75) is 20.0 Å². The molecule has 0 unspecified atom stereocenters. The molecule has 1 aromatic carbocycles. The fourth-order valence-electron chi connectivity index (χ4n) is 2.22. The number of nitrogens with zero attached hydrogens (tertiary/aromatic N) is 3. The Hall–Kier alpha value is -2.36. The van der Waals surface area contributed by atoms with Crippen LogP contribution >= 0.6 is 0 Å². The highest BCUT2D eigenvalue weighted by Gasteiger charge is 2.03. The number of aromatic nitrogens is 3. The molecule has 2 aromatic heterocycles. The first kappa shape index (κ1) is 11.7. The predicted molar refractivity (Wildman–Crippen MR) is 77.0 cm³/mol. The van der Waals surface area contributed by atoms with Crippen molar-refractivity contribution in [3.8, 4) is 0 Å². The minimum atomic E-state index is 0.766. The molecule has 0 saturated heterocycles. The Balaban J connectivity index is 1.86. The van der Waals surface area contributed by atoms with Gasteiger partial charge in [0.1, 0.15) is 0 Å². The van der Waals surface area contributed by atoms with Crippen LogP contribution in [0.5, 0.6) is 0 Å². The van der Waals surface area contributed by atoms with Gasteiger partial charge in [-0.15, -0.1) is 0 Å². The van der Waals surface area contributed by atoms with Crippen LogP contribution in [-0.4, -0.2) is 14.5 Å². The van der Waals surface area contributed by atoms with Crippen molar-refractivity contribution in [1.82, 2.24) is 14.5 Å². The number of benzene rings is 1. The lowest BCUT2D eigenvalue weighted by atomic mass is 10.2. The molecule has 0 amide bonds. The second kappa shape index (κ2) is 5.10. The number of fused-ring (bicyclic) bond motifs is 1. The van der Waals surface area contributed by atoms with Gasteiger partial charge in [-0.2, -0.15) is 0 Å². The molecule has 1 N–H and O–H groups in total. The number of hydrogen-bond donors (Lipinski definition) is 1. The SMILES string of the molecule is CCn1cncc1CNc1cccc2ncccc12. The Morgan fingerprint density at radius 3 is 3.05 bits per heavy atom. The Labute approximate surface area is 112 Å². The van der Waals surface area contributed by atoms with Crippen molar-refractivity contribution in [2.75, 3.05) is 5.32 Å². The third-order valence-electron chi connectivity index (χ3n) is 3.24. The fraction of sp³-hybridized carbons (Fsp3) is 0.200. The number of nitrogens with one attached hydrogen (secondary N) is 1. The average Bonchev–Trinajstić information content (AvgIpc) is 2.92. The van der Waals surface area contributed by atoms with E-state index in [0.29, 0.717) is 0 Å². The zero-order chi connectivity index (χ0) is 13.1. The number of anilines is 1. The van der Waals surface area contributed by atoms with Gasteiger partial charge in [-0.1, -0.05) is 6.07 Å². The maximum absolute atomic E-state index is 4.36. The number of pyridine rings is 1. The summed E-state index contributed by atoms with van der Waals surface area (Å²) >= 11 is 0. The van der Waals surface area contributed by atoms with Crippen molar-refractivity contribution >= 4 is 16.6 Å². The third kappa shape index (κ3) is 2.29. The summed E-state index contributed by atoms with van der Waals surface area (Å²) in [7, 11) is 0. The highest BCUT2D eigenvalue weighted by Crippen LogP contribution is 2.21. The number of rotatable bonds is 4. The summed E-state index contributed by atoms with van der Waals surface area (Å²) in [6.07, 6.45) is 5.58. The Kier molecular flexibility index (Phi) is 3.14. The second-order valence-corrected chi connectivity index (χ2v) is 4.40. The minimum absolute atomic E-state index is 0.766. The molecule has 0 spiro atoms. The van der Waals surface area contributed by atoms with Gasteiger partial charge in [0.2, 0.25) is 0 Å². The molecule has 0 radical (unpaired) electrons. The fourth-order valence-corrected chi connectivity index (χ4v) is 2.22. The van der Waals surface area contributed by atoms with Crippen LogP contribution < -0.4 is 5.32 Å². The zero-order valence-electron chi connectivity index (χ0n) is 10.9. The number of hydrogen-bond acceptors (Lipinski definition) is 3. The van der Waals surface area contributed by atoms with Crippen LogP contribution in [0.15, 0.2) is 49.1 Å². The molecule has 96 valence electrons. The van der Waals surface area contributed by atoms with Crippen molar-refractivity contribution in [1.29, 1.82) is 0 Å². The molecule has 0 aliphatic heterocycles. The summed E-state index contributed by atoms with van der Waals surface area (Å²) in [5, 5.41) is 4.61. The number of aryl methyl sites for hydroxylation is 1. The van der Waals surface area contributed by atoms with Gasteiger partial charge in [0.25, 0.3) is 0 Å². The standard InChI is InChI=1S/C15H16N4/c1-2-19-11-16-9-12(19)10-18-15-7-3-6-14-13(15)5-4-8-17-14/h3-9,11,18H,2,10H2,1H3. The Morgan fingerprint density at radius 2 is 2.16 bits per heavy atom. The first-order valence-corrected chi connectivity index (χ1v) is 6.45. The van der Waals surface area contributed by atoms with Gasteiger partial charge < -0.3 is 9.88 Å². The molecule has 0 saturated carbocycles. The van der Waals surface area contributed by atoms with E-state index in [4.69, 9.17) is 0 Å². The number of imidazole rings is 1. The average molecular weight is 252 g/mol. The quantitative estimate of drug-likeness (QED) is 0.776. The smallest absolute Gasteiger partial charge is 0.0948 e. The van der Waals surface area contributed by atoms with Crippen LogP contribution in [0.25, 0.3) is 10.9 Å². The summed E-state index contributed by atoms with van der Waals surface area (Å²) in [6, 6.07) is 10.2. The van der Waals surface area contributed by atoms with Gasteiger partial charge >= 0.3 is 0 Å². The van der Waals surface area contributed by atoms with E-state index < -0.39 is 0 Å². The van der Waals surface area contributed by atoms with Gasteiger partial charge in [-0.3, -0.25) is 4.98 Å². The molecular formula is C15H16N4. The third-order valence-corrected chi connectivity index (χ3v) is 3.24. The van der Waals surface area contributed by atoms with Crippen LogP contribution in [0.1, 0.15) is 12.6 Å². The predicted octanol–water partition coefficient (Wildman–Crippen LogP) is 3.06. The van der Waals surface area contributed by atoms with E-state index in [0.717, 1.165) is 29.7 Å². The molecule has 0 atom stereocenters. The van der Waals surface area contributed by atoms with Crippen molar-refractivity contribution in [3.05, 3.63) is 54.7 Å². The van der Waals surface area contributed by atoms with E-state index in [-0.39, 0.29) is 0 Å². The summed E-state index contributed by atoms with van der Waals surface area (Å²) in [5.41, 5.74) is 3.30. The molecule has 4 heteroatoms. The lowest BCUT2D eigenvalue weighted by Gasteiger charge is -2.10. The molecule has 19 heavy (non-hydrogen) atoms. The van der Waals surface area contributed by atoms with Crippen LogP contribution in [0, 0.1) is 0 Å². The van der Waals surface area contributed by atoms with E-state index in [2.05, 4.69) is 38.9 Å². The molecule has 3 rings (SSSR count). The summed E-state index contributed by atoms with van der Waals surface area (Å²) in [6.45, 7) is 3.82. The van der Waals surface area contributed by atoms with E-state index >= 15 is 0 Å². The molecule has 4 nitrogen and oxygen atoms in total. The zero-order valence-corrected chi connectivity index (χ0v) is 10.9. The van der Waals surface area contributed by atoms with Gasteiger partial charge in [-0.05, 0) is 31.2 Å². The lowest BCUT2D eigenvalue weighted by Crippen LogP contribution is -2.06. The molecule has 0 aliphatic rings. The van der Waals surface area contributed by atoms with E-state index in [1.807, 2.05) is 36.9 Å². The van der Waals surface area contributed by atoms with Gasteiger partial charge in [0, 0.05) is 30.0 Å². The Bertz CT molecular complexity index is 682. The first-order valence-electron chi connectivity index (χ1n) is 6.45. The van der Waals surface area contributed by atoms with Gasteiger partial charge in [-0.25, -0.2) is 4.98 Å². The summed E-state index contributed by atoms with van der Waals surface area (Å²) in [4.78, 5) is 8.54. The van der Waals surface area contributed by atoms with E-state index in [9.17, 15) is 0 Å². The highest BCUT2D eigenvalue weighted by atomic mass is 15.1. The van der Waals surface area contributed by atoms with Gasteiger partial charge in [0.15, 0.2) is 0 Å². The normalized spacial score (nSPS) is 10.8. The van der Waals surface area contributed by atoms with Crippen LogP contribution in [-0.2, 0) is 13.1 Å². The Morgan fingerprint density at radius 1 is 1.21 bits per heavy atom. The topological polar surface area (TPSA) is 42.7 Å². The van der Waals surface area contributed by atoms with Crippen LogP contribution in [0.2, 0.25) is 0 Å². The molecular weight excluding hydrogens is 236 g/mol. The van der Waals surface area contributed by atoms with Crippen LogP contribution in [0.4, 0.5) is 5.69 Å². The molecule has 0 fully saturated rings. The molecule has 0 aliphatic carbocycles. The summed E-state index contributed by atoms with van der Waals surface area (Å²) < 4.78 is 2.14. The second-order valence-electron chi connectivity index (χ2n) is 4.40. The molecule has 0 bridgehead atoms. The highest BCUT2D eigenvalue weighted by molar-refractivity contribution is 5.91. The monoisotopic (exact) mass is 252 g/mol. The van der Waals surface area contributed by atoms with Crippen LogP contribution in [0.3, 0.4) is 0 Å². The van der Waals surface area contributed by atoms with Crippen molar-refractivity contribution in [2.24, 2.45) is 0 Å². The molecule has 3 aromatic rings. The summed E-state index contributed by atoms with van der Waals surface area (Å²) in [5.74, 6) is 0. The van der Waals surface area contributed by atoms with E-state index in [1.54, 1.807) is 0 Å². The maximum atomic E-state index is 4.36. The lowest BCUT2D eigenvalue weighted by molar-refractivity contribution is 0.720. The maximum Gasteiger partial charge on any atom is 0.0948 e. The molecule has 2 heterocycles. The minimum Gasteiger partial charge on any atom is -0.379 e. The van der Waals surface area contributed by atoms with Gasteiger partial charge in [0.05, 0.1) is 24.1 Å². The van der Waals surface area contributed by atoms with Crippen molar-refractivity contribution in [3.63, 3.8) is 0 Å².